The lowest BCUT2D eigenvalue weighted by Crippen LogP contribution is -2.52. The third-order valence-corrected chi connectivity index (χ3v) is 4.70. The van der Waals surface area contributed by atoms with E-state index >= 15 is 0 Å². The second-order valence-corrected chi connectivity index (χ2v) is 6.73. The number of nitrogens with zero attached hydrogens (tertiary/aromatic N) is 2. The number of amides is 1. The van der Waals surface area contributed by atoms with Crippen molar-refractivity contribution < 1.29 is 19.1 Å². The Labute approximate surface area is 164 Å². The number of nitriles is 2. The number of rotatable bonds is 6. The summed E-state index contributed by atoms with van der Waals surface area (Å²) >= 11 is 0. The highest BCUT2D eigenvalue weighted by atomic mass is 16.5. The molecule has 1 saturated carbocycles. The lowest BCUT2D eigenvalue weighted by atomic mass is 9.83. The van der Waals surface area contributed by atoms with Gasteiger partial charge in [-0.2, -0.15) is 10.5 Å². The normalized spacial score (nSPS) is 16.8. The highest BCUT2D eigenvalue weighted by molar-refractivity contribution is 5.99. The summed E-state index contributed by atoms with van der Waals surface area (Å²) in [5.74, 6) is -0.785. The van der Waals surface area contributed by atoms with E-state index in [0.29, 0.717) is 24.2 Å². The molecule has 28 heavy (non-hydrogen) atoms. The summed E-state index contributed by atoms with van der Waals surface area (Å²) in [5, 5.41) is 21.4. The standard InChI is InChI=1S/C21H23N3O4/c1-15(19(25)24-21(14-23)10-4-3-5-11-21)28-20(26)17(13-22)12-16-6-8-18(27-2)9-7-16/h6-9,12,15H,3-5,10-11H2,1-2H3,(H,24,25)/b17-12+/t15-/m1/s1. The van der Waals surface area contributed by atoms with Crippen molar-refractivity contribution in [3.8, 4) is 17.9 Å². The van der Waals surface area contributed by atoms with Gasteiger partial charge in [0.05, 0.1) is 13.2 Å². The van der Waals surface area contributed by atoms with Crippen LogP contribution in [0.1, 0.15) is 44.6 Å². The molecule has 1 N–H and O–H groups in total. The molecule has 0 saturated heterocycles. The highest BCUT2D eigenvalue weighted by Crippen LogP contribution is 2.27. The van der Waals surface area contributed by atoms with Crippen LogP contribution < -0.4 is 10.1 Å². The summed E-state index contributed by atoms with van der Waals surface area (Å²) in [6, 6.07) is 10.8. The second-order valence-electron chi connectivity index (χ2n) is 6.73. The molecule has 0 aromatic heterocycles. The molecule has 0 radical (unpaired) electrons. The average Bonchev–Trinajstić information content (AvgIpc) is 2.72. The van der Waals surface area contributed by atoms with Crippen molar-refractivity contribution in [1.82, 2.24) is 5.32 Å². The molecule has 1 amide bonds. The first-order valence-corrected chi connectivity index (χ1v) is 9.13. The zero-order valence-corrected chi connectivity index (χ0v) is 16.0. The number of benzene rings is 1. The van der Waals surface area contributed by atoms with Crippen LogP contribution in [0.4, 0.5) is 0 Å². The molecule has 1 atom stereocenters. The van der Waals surface area contributed by atoms with Crippen LogP contribution in [0.5, 0.6) is 5.75 Å². The Morgan fingerprint density at radius 1 is 1.18 bits per heavy atom. The van der Waals surface area contributed by atoms with Gasteiger partial charge in [-0.15, -0.1) is 0 Å². The van der Waals surface area contributed by atoms with Gasteiger partial charge in [0.1, 0.15) is 22.9 Å². The number of esters is 1. The molecule has 1 aromatic carbocycles. The molecule has 7 heteroatoms. The fourth-order valence-corrected chi connectivity index (χ4v) is 3.04. The van der Waals surface area contributed by atoms with Crippen LogP contribution in [0.15, 0.2) is 29.8 Å². The molecule has 1 aromatic rings. The van der Waals surface area contributed by atoms with E-state index < -0.39 is 23.5 Å². The van der Waals surface area contributed by atoms with Crippen LogP contribution in [0.2, 0.25) is 0 Å². The summed E-state index contributed by atoms with van der Waals surface area (Å²) in [7, 11) is 1.54. The van der Waals surface area contributed by atoms with Crippen molar-refractivity contribution in [2.45, 2.75) is 50.7 Å². The zero-order chi connectivity index (χ0) is 20.6. The number of carbonyl (C=O) groups is 2. The van der Waals surface area contributed by atoms with Crippen molar-refractivity contribution >= 4 is 18.0 Å². The summed E-state index contributed by atoms with van der Waals surface area (Å²) in [5.41, 5.74) is -0.512. The number of carbonyl (C=O) groups excluding carboxylic acids is 2. The number of nitrogens with one attached hydrogen (secondary N) is 1. The number of hydrogen-bond donors (Lipinski definition) is 1. The molecule has 1 fully saturated rings. The third-order valence-electron chi connectivity index (χ3n) is 4.70. The predicted molar refractivity (Wildman–Crippen MR) is 102 cm³/mol. The Hall–Kier alpha value is -3.32. The first-order valence-electron chi connectivity index (χ1n) is 9.13. The van der Waals surface area contributed by atoms with Gasteiger partial charge in [0, 0.05) is 0 Å². The molecule has 0 aliphatic heterocycles. The summed E-state index contributed by atoms with van der Waals surface area (Å²) in [4.78, 5) is 24.7. The van der Waals surface area contributed by atoms with Crippen LogP contribution in [-0.2, 0) is 14.3 Å². The fraction of sp³-hybridized carbons (Fsp3) is 0.429. The van der Waals surface area contributed by atoms with Crippen LogP contribution >= 0.6 is 0 Å². The Morgan fingerprint density at radius 2 is 1.82 bits per heavy atom. The molecular formula is C21H23N3O4. The summed E-state index contributed by atoms with van der Waals surface area (Å²) < 4.78 is 10.2. The van der Waals surface area contributed by atoms with Gasteiger partial charge < -0.3 is 14.8 Å². The monoisotopic (exact) mass is 381 g/mol. The van der Waals surface area contributed by atoms with Crippen molar-refractivity contribution in [3.05, 3.63) is 35.4 Å². The topological polar surface area (TPSA) is 112 Å². The van der Waals surface area contributed by atoms with Crippen LogP contribution in [0.3, 0.4) is 0 Å². The van der Waals surface area contributed by atoms with Gasteiger partial charge in [0.15, 0.2) is 6.10 Å². The largest absolute Gasteiger partial charge is 0.497 e. The van der Waals surface area contributed by atoms with E-state index in [9.17, 15) is 20.1 Å². The molecular weight excluding hydrogens is 358 g/mol. The Morgan fingerprint density at radius 3 is 2.36 bits per heavy atom. The van der Waals surface area contributed by atoms with E-state index in [1.165, 1.54) is 13.0 Å². The van der Waals surface area contributed by atoms with Gasteiger partial charge in [0.2, 0.25) is 0 Å². The maximum Gasteiger partial charge on any atom is 0.349 e. The van der Waals surface area contributed by atoms with Crippen molar-refractivity contribution in [1.29, 1.82) is 10.5 Å². The molecule has 0 bridgehead atoms. The average molecular weight is 381 g/mol. The zero-order valence-electron chi connectivity index (χ0n) is 16.0. The first kappa shape index (κ1) is 21.0. The molecule has 0 spiro atoms. The van der Waals surface area contributed by atoms with E-state index in [4.69, 9.17) is 9.47 Å². The highest BCUT2D eigenvalue weighted by Gasteiger charge is 2.35. The minimum Gasteiger partial charge on any atom is -0.497 e. The molecule has 146 valence electrons. The molecule has 0 heterocycles. The van der Waals surface area contributed by atoms with Gasteiger partial charge in [-0.25, -0.2) is 4.79 Å². The number of hydrogen-bond acceptors (Lipinski definition) is 6. The van der Waals surface area contributed by atoms with E-state index in [0.717, 1.165) is 19.3 Å². The number of methoxy groups -OCH3 is 1. The predicted octanol–water partition coefficient (Wildman–Crippen LogP) is 2.88. The van der Waals surface area contributed by atoms with Crippen LogP contribution in [0.25, 0.3) is 6.08 Å². The summed E-state index contributed by atoms with van der Waals surface area (Å²) in [6.07, 6.45) is 4.19. The maximum absolute atomic E-state index is 12.4. The molecule has 1 aliphatic carbocycles. The Balaban J connectivity index is 2.02. The van der Waals surface area contributed by atoms with Gasteiger partial charge in [-0.05, 0) is 43.5 Å². The Kier molecular flexibility index (Phi) is 7.17. The van der Waals surface area contributed by atoms with Gasteiger partial charge >= 0.3 is 5.97 Å². The molecule has 2 rings (SSSR count). The first-order chi connectivity index (χ1) is 13.4. The van der Waals surface area contributed by atoms with Gasteiger partial charge in [0.25, 0.3) is 5.91 Å². The maximum atomic E-state index is 12.4. The quantitative estimate of drug-likeness (QED) is 0.461. The van der Waals surface area contributed by atoms with Crippen LogP contribution in [0, 0.1) is 22.7 Å². The minimum atomic E-state index is -1.12. The van der Waals surface area contributed by atoms with Gasteiger partial charge in [-0.3, -0.25) is 4.79 Å². The SMILES string of the molecule is COc1ccc(/C=C(\C#N)C(=O)O[C@H](C)C(=O)NC2(C#N)CCCCC2)cc1. The smallest absolute Gasteiger partial charge is 0.349 e. The van der Waals surface area contributed by atoms with Gasteiger partial charge in [-0.1, -0.05) is 31.4 Å². The third kappa shape index (κ3) is 5.34. The molecule has 1 aliphatic rings. The van der Waals surface area contributed by atoms with E-state index in [1.54, 1.807) is 37.4 Å². The lowest BCUT2D eigenvalue weighted by molar-refractivity contribution is -0.151. The van der Waals surface area contributed by atoms with Crippen molar-refractivity contribution in [2.75, 3.05) is 7.11 Å². The van der Waals surface area contributed by atoms with Crippen molar-refractivity contribution in [2.24, 2.45) is 0 Å². The minimum absolute atomic E-state index is 0.225. The summed E-state index contributed by atoms with van der Waals surface area (Å²) in [6.45, 7) is 1.42. The fourth-order valence-electron chi connectivity index (χ4n) is 3.04. The lowest BCUT2D eigenvalue weighted by Gasteiger charge is -2.32. The second kappa shape index (κ2) is 9.57. The van der Waals surface area contributed by atoms with E-state index in [2.05, 4.69) is 11.4 Å². The van der Waals surface area contributed by atoms with Crippen molar-refractivity contribution in [3.63, 3.8) is 0 Å². The molecule has 0 unspecified atom stereocenters. The van der Waals surface area contributed by atoms with Crippen LogP contribution in [-0.4, -0.2) is 30.6 Å². The molecule has 7 nitrogen and oxygen atoms in total. The van der Waals surface area contributed by atoms with E-state index in [1.807, 2.05) is 0 Å². The van der Waals surface area contributed by atoms with E-state index in [-0.39, 0.29) is 5.57 Å². The Bertz CT molecular complexity index is 825. The number of ether oxygens (including phenoxy) is 2.